The third kappa shape index (κ3) is 3.22. The molecule has 0 saturated carbocycles. The molecule has 2 aromatic carbocycles. The number of hydrogen-bond acceptors (Lipinski definition) is 3. The number of aromatic nitrogens is 1. The number of para-hydroxylation sites is 2. The van der Waals surface area contributed by atoms with E-state index < -0.39 is 0 Å². The summed E-state index contributed by atoms with van der Waals surface area (Å²) in [6.07, 6.45) is 3.29. The predicted molar refractivity (Wildman–Crippen MR) is 102 cm³/mol. The summed E-state index contributed by atoms with van der Waals surface area (Å²) in [5, 5.41) is 4.26. The first-order valence-electron chi connectivity index (χ1n) is 9.12. The molecule has 0 aliphatic carbocycles. The van der Waals surface area contributed by atoms with Gasteiger partial charge >= 0.3 is 0 Å². The molecular weight excluding hydrogens is 328 g/mol. The Kier molecular flexibility index (Phi) is 4.71. The van der Waals surface area contributed by atoms with E-state index in [0.29, 0.717) is 17.3 Å². The van der Waals surface area contributed by atoms with Gasteiger partial charge in [0.2, 0.25) is 5.91 Å². The third-order valence-corrected chi connectivity index (χ3v) is 4.99. The van der Waals surface area contributed by atoms with Crippen LogP contribution < -0.4 is 10.7 Å². The van der Waals surface area contributed by atoms with Crippen molar-refractivity contribution in [3.63, 3.8) is 0 Å². The number of benzene rings is 2. The van der Waals surface area contributed by atoms with Gasteiger partial charge in [-0.3, -0.25) is 9.59 Å². The fraction of sp³-hybridized carbons (Fsp3) is 0.333. The highest BCUT2D eigenvalue weighted by atomic mass is 16.5. The second-order valence-corrected chi connectivity index (χ2v) is 6.72. The molecule has 3 aromatic rings. The molecule has 0 bridgehead atoms. The van der Waals surface area contributed by atoms with Gasteiger partial charge in [0.05, 0.1) is 17.1 Å². The second kappa shape index (κ2) is 7.30. The zero-order chi connectivity index (χ0) is 17.9. The van der Waals surface area contributed by atoms with E-state index in [1.165, 1.54) is 0 Å². The summed E-state index contributed by atoms with van der Waals surface area (Å²) in [6.45, 7) is 1.63. The number of fused-ring (bicyclic) bond motifs is 2. The van der Waals surface area contributed by atoms with Crippen LogP contribution >= 0.6 is 0 Å². The van der Waals surface area contributed by atoms with Gasteiger partial charge in [0.15, 0.2) is 5.43 Å². The van der Waals surface area contributed by atoms with E-state index in [1.807, 2.05) is 53.1 Å². The van der Waals surface area contributed by atoms with Crippen molar-refractivity contribution in [1.29, 1.82) is 0 Å². The zero-order valence-corrected chi connectivity index (χ0v) is 14.6. The fourth-order valence-electron chi connectivity index (χ4n) is 3.69. The van der Waals surface area contributed by atoms with E-state index in [1.54, 1.807) is 0 Å². The Balaban J connectivity index is 1.61. The van der Waals surface area contributed by atoms with Crippen LogP contribution in [0.5, 0.6) is 0 Å². The van der Waals surface area contributed by atoms with Gasteiger partial charge in [-0.05, 0) is 43.5 Å². The Morgan fingerprint density at radius 2 is 1.73 bits per heavy atom. The van der Waals surface area contributed by atoms with Crippen molar-refractivity contribution in [2.24, 2.45) is 0 Å². The van der Waals surface area contributed by atoms with Crippen molar-refractivity contribution in [2.45, 2.75) is 31.9 Å². The SMILES string of the molecule is O=C(Cn1c2ccccc2c(=O)c2ccccc21)NCCC1CCCO1. The van der Waals surface area contributed by atoms with E-state index in [4.69, 9.17) is 4.74 Å². The fourth-order valence-corrected chi connectivity index (χ4v) is 3.69. The number of ether oxygens (including phenoxy) is 1. The Bertz CT molecular complexity index is 943. The number of pyridine rings is 1. The molecule has 5 nitrogen and oxygen atoms in total. The van der Waals surface area contributed by atoms with Crippen molar-refractivity contribution < 1.29 is 9.53 Å². The molecule has 2 heterocycles. The minimum Gasteiger partial charge on any atom is -0.378 e. The first-order chi connectivity index (χ1) is 12.7. The Hall–Kier alpha value is -2.66. The van der Waals surface area contributed by atoms with Crippen molar-refractivity contribution >= 4 is 27.7 Å². The normalized spacial score (nSPS) is 17.0. The van der Waals surface area contributed by atoms with Crippen LogP contribution in [-0.4, -0.2) is 29.7 Å². The van der Waals surface area contributed by atoms with Gasteiger partial charge in [-0.1, -0.05) is 24.3 Å². The van der Waals surface area contributed by atoms with Crippen LogP contribution in [0.25, 0.3) is 21.8 Å². The first kappa shape index (κ1) is 16.8. The molecule has 5 heteroatoms. The van der Waals surface area contributed by atoms with Gasteiger partial charge in [-0.25, -0.2) is 0 Å². The van der Waals surface area contributed by atoms with E-state index >= 15 is 0 Å². The summed E-state index contributed by atoms with van der Waals surface area (Å²) in [5.74, 6) is -0.0537. The average Bonchev–Trinajstić information content (AvgIpc) is 3.19. The maximum Gasteiger partial charge on any atom is 0.239 e. The van der Waals surface area contributed by atoms with Crippen LogP contribution in [0.2, 0.25) is 0 Å². The minimum absolute atomic E-state index is 0.00578. The number of nitrogens with zero attached hydrogens (tertiary/aromatic N) is 1. The topological polar surface area (TPSA) is 60.3 Å². The molecule has 1 aromatic heterocycles. The van der Waals surface area contributed by atoms with Crippen LogP contribution in [0, 0.1) is 0 Å². The van der Waals surface area contributed by atoms with Gasteiger partial charge in [-0.15, -0.1) is 0 Å². The Morgan fingerprint density at radius 1 is 1.08 bits per heavy atom. The third-order valence-electron chi connectivity index (χ3n) is 4.99. The lowest BCUT2D eigenvalue weighted by molar-refractivity contribution is -0.121. The molecular formula is C21H22N2O3. The van der Waals surface area contributed by atoms with Gasteiger partial charge < -0.3 is 14.6 Å². The van der Waals surface area contributed by atoms with Crippen LogP contribution in [-0.2, 0) is 16.1 Å². The Morgan fingerprint density at radius 3 is 2.35 bits per heavy atom. The lowest BCUT2D eigenvalue weighted by atomic mass is 10.1. The molecule has 1 saturated heterocycles. The molecule has 26 heavy (non-hydrogen) atoms. The van der Waals surface area contributed by atoms with Gasteiger partial charge in [-0.2, -0.15) is 0 Å². The highest BCUT2D eigenvalue weighted by Gasteiger charge is 2.16. The Labute approximate surface area is 151 Å². The van der Waals surface area contributed by atoms with E-state index in [0.717, 1.165) is 36.9 Å². The molecule has 1 amide bonds. The molecule has 4 rings (SSSR count). The van der Waals surface area contributed by atoms with E-state index in [9.17, 15) is 9.59 Å². The molecule has 1 N–H and O–H groups in total. The number of hydrogen-bond donors (Lipinski definition) is 1. The van der Waals surface area contributed by atoms with Crippen molar-refractivity contribution in [1.82, 2.24) is 9.88 Å². The highest BCUT2D eigenvalue weighted by molar-refractivity contribution is 5.94. The van der Waals surface area contributed by atoms with Crippen molar-refractivity contribution in [3.8, 4) is 0 Å². The van der Waals surface area contributed by atoms with Crippen LogP contribution in [0.3, 0.4) is 0 Å². The van der Waals surface area contributed by atoms with E-state index in [2.05, 4.69) is 5.32 Å². The summed E-state index contributed by atoms with van der Waals surface area (Å²) in [7, 11) is 0. The van der Waals surface area contributed by atoms with Gasteiger partial charge in [0.1, 0.15) is 6.54 Å². The number of rotatable bonds is 5. The average molecular weight is 350 g/mol. The lowest BCUT2D eigenvalue weighted by Gasteiger charge is -2.15. The molecule has 1 aliphatic rings. The molecule has 0 radical (unpaired) electrons. The summed E-state index contributed by atoms with van der Waals surface area (Å²) < 4.78 is 7.51. The van der Waals surface area contributed by atoms with Crippen molar-refractivity contribution in [3.05, 3.63) is 58.8 Å². The standard InChI is InChI=1S/C21H22N2O3/c24-20(22-12-11-15-6-5-13-26-15)14-23-18-9-3-1-7-16(18)21(25)17-8-2-4-10-19(17)23/h1-4,7-10,15H,5-6,11-14H2,(H,22,24). The number of amides is 1. The lowest BCUT2D eigenvalue weighted by Crippen LogP contribution is -2.31. The molecule has 0 spiro atoms. The van der Waals surface area contributed by atoms with Crippen molar-refractivity contribution in [2.75, 3.05) is 13.2 Å². The smallest absolute Gasteiger partial charge is 0.239 e. The summed E-state index contributed by atoms with van der Waals surface area (Å²) in [4.78, 5) is 25.2. The van der Waals surface area contributed by atoms with Crippen LogP contribution in [0.1, 0.15) is 19.3 Å². The van der Waals surface area contributed by atoms with Crippen LogP contribution in [0.4, 0.5) is 0 Å². The van der Waals surface area contributed by atoms with E-state index in [-0.39, 0.29) is 24.0 Å². The zero-order valence-electron chi connectivity index (χ0n) is 14.6. The quantitative estimate of drug-likeness (QED) is 0.720. The molecule has 134 valence electrons. The number of carbonyl (C=O) groups excluding carboxylic acids is 1. The minimum atomic E-state index is -0.0537. The maximum absolute atomic E-state index is 12.7. The largest absolute Gasteiger partial charge is 0.378 e. The predicted octanol–water partition coefficient (Wildman–Crippen LogP) is 2.84. The number of carbonyl (C=O) groups is 1. The van der Waals surface area contributed by atoms with Gasteiger partial charge in [0, 0.05) is 23.9 Å². The molecule has 1 fully saturated rings. The molecule has 1 unspecified atom stereocenters. The summed E-state index contributed by atoms with van der Waals surface area (Å²) in [6, 6.07) is 14.9. The van der Waals surface area contributed by atoms with Gasteiger partial charge in [0.25, 0.3) is 0 Å². The highest BCUT2D eigenvalue weighted by Crippen LogP contribution is 2.19. The monoisotopic (exact) mass is 350 g/mol. The second-order valence-electron chi connectivity index (χ2n) is 6.72. The maximum atomic E-state index is 12.7. The molecule has 1 aliphatic heterocycles. The van der Waals surface area contributed by atoms with Crippen LogP contribution in [0.15, 0.2) is 53.3 Å². The number of nitrogens with one attached hydrogen (secondary N) is 1. The first-order valence-corrected chi connectivity index (χ1v) is 9.12. The summed E-state index contributed by atoms with van der Waals surface area (Å²) >= 11 is 0. The molecule has 1 atom stereocenters. The summed E-state index contributed by atoms with van der Waals surface area (Å²) in [5.41, 5.74) is 1.57.